The normalized spacial score (nSPS) is 24.7. The Balaban J connectivity index is 1.36. The summed E-state index contributed by atoms with van der Waals surface area (Å²) in [5.41, 5.74) is 1.42. The lowest BCUT2D eigenvalue weighted by Gasteiger charge is -2.35. The van der Waals surface area contributed by atoms with Crippen molar-refractivity contribution in [3.8, 4) is 0 Å². The summed E-state index contributed by atoms with van der Waals surface area (Å²) < 4.78 is 13.0. The second-order valence-electron chi connectivity index (χ2n) is 7.16. The molecule has 0 aromatic carbocycles. The predicted octanol–water partition coefficient (Wildman–Crippen LogP) is 1.82. The molecule has 2 aromatic rings. The van der Waals surface area contributed by atoms with Gasteiger partial charge < -0.3 is 15.1 Å². The summed E-state index contributed by atoms with van der Waals surface area (Å²) >= 11 is 1.72. The van der Waals surface area contributed by atoms with Gasteiger partial charge in [0.1, 0.15) is 11.5 Å². The second-order valence-corrected chi connectivity index (χ2v) is 8.22. The fourth-order valence-electron chi connectivity index (χ4n) is 4.22. The van der Waals surface area contributed by atoms with Gasteiger partial charge in [-0.1, -0.05) is 11.3 Å². The van der Waals surface area contributed by atoms with Crippen LogP contribution in [0.15, 0.2) is 18.3 Å². The van der Waals surface area contributed by atoms with Crippen LogP contribution in [-0.4, -0.2) is 52.5 Å². The number of fused-ring (bicyclic) bond motifs is 3. The van der Waals surface area contributed by atoms with Gasteiger partial charge in [0, 0.05) is 43.0 Å². The number of nitrogens with one attached hydrogen (secondary N) is 1. The van der Waals surface area contributed by atoms with Gasteiger partial charge in [-0.25, -0.2) is 14.4 Å². The van der Waals surface area contributed by atoms with Crippen LogP contribution in [0.2, 0.25) is 0 Å². The van der Waals surface area contributed by atoms with E-state index in [1.807, 2.05) is 0 Å². The molecule has 3 aliphatic rings. The third kappa shape index (κ3) is 2.68. The van der Waals surface area contributed by atoms with Gasteiger partial charge in [0.2, 0.25) is 0 Å². The van der Waals surface area contributed by atoms with Gasteiger partial charge in [-0.2, -0.15) is 0 Å². The molecule has 26 heavy (non-hydrogen) atoms. The average Bonchev–Trinajstić information content (AvgIpc) is 3.18. The summed E-state index contributed by atoms with van der Waals surface area (Å²) in [6.07, 6.45) is 4.30. The maximum absolute atomic E-state index is 13.0. The van der Waals surface area contributed by atoms with Crippen molar-refractivity contribution in [1.82, 2.24) is 20.2 Å². The maximum Gasteiger partial charge on any atom is 0.272 e. The van der Waals surface area contributed by atoms with Crippen molar-refractivity contribution in [2.75, 3.05) is 24.5 Å². The molecule has 5 rings (SSSR count). The van der Waals surface area contributed by atoms with Crippen molar-refractivity contribution in [3.05, 3.63) is 40.4 Å². The number of hydrogen-bond acceptors (Lipinski definition) is 6. The quantitative estimate of drug-likeness (QED) is 0.870. The average molecular weight is 373 g/mol. The van der Waals surface area contributed by atoms with E-state index in [-0.39, 0.29) is 5.91 Å². The Morgan fingerprint density at radius 2 is 2.08 bits per heavy atom. The van der Waals surface area contributed by atoms with Crippen molar-refractivity contribution in [2.45, 2.75) is 37.9 Å². The van der Waals surface area contributed by atoms with Crippen LogP contribution in [-0.2, 0) is 13.0 Å². The first-order chi connectivity index (χ1) is 12.7. The van der Waals surface area contributed by atoms with Gasteiger partial charge in [-0.05, 0) is 25.0 Å². The zero-order valence-corrected chi connectivity index (χ0v) is 15.1. The number of aromatic nitrogens is 2. The molecular weight excluding hydrogens is 353 g/mol. The minimum atomic E-state index is -0.430. The van der Waals surface area contributed by atoms with Crippen LogP contribution in [0, 0.1) is 5.82 Å². The third-order valence-electron chi connectivity index (χ3n) is 5.55. The SMILES string of the molecule is O=C(c1ccc(F)cn1)N1CCc2nc(N3C4CCC3CNC4)sc2C1. The molecule has 2 aromatic heterocycles. The minimum Gasteiger partial charge on any atom is -0.340 e. The highest BCUT2D eigenvalue weighted by Crippen LogP contribution is 2.38. The smallest absolute Gasteiger partial charge is 0.272 e. The van der Waals surface area contributed by atoms with Crippen molar-refractivity contribution in [3.63, 3.8) is 0 Å². The van der Waals surface area contributed by atoms with Gasteiger partial charge >= 0.3 is 0 Å². The van der Waals surface area contributed by atoms with Crippen LogP contribution in [0.4, 0.5) is 9.52 Å². The summed E-state index contributed by atoms with van der Waals surface area (Å²) in [5, 5.41) is 4.61. The number of carbonyl (C=O) groups is 1. The van der Waals surface area contributed by atoms with Crippen LogP contribution >= 0.6 is 11.3 Å². The Bertz CT molecular complexity index is 823. The lowest BCUT2D eigenvalue weighted by molar-refractivity contribution is 0.0730. The Kier molecular flexibility index (Phi) is 3.90. The van der Waals surface area contributed by atoms with E-state index in [0.717, 1.165) is 36.5 Å². The van der Waals surface area contributed by atoms with E-state index in [0.29, 0.717) is 30.9 Å². The summed E-state index contributed by atoms with van der Waals surface area (Å²) in [6, 6.07) is 3.81. The van der Waals surface area contributed by atoms with E-state index in [1.54, 1.807) is 16.2 Å². The molecule has 3 aliphatic heterocycles. The number of nitrogens with zero attached hydrogens (tertiary/aromatic N) is 4. The summed E-state index contributed by atoms with van der Waals surface area (Å²) in [4.78, 5) is 26.9. The topological polar surface area (TPSA) is 61.4 Å². The summed E-state index contributed by atoms with van der Waals surface area (Å²) in [7, 11) is 0. The van der Waals surface area contributed by atoms with E-state index < -0.39 is 5.82 Å². The second kappa shape index (κ2) is 6.28. The number of carbonyl (C=O) groups excluding carboxylic acids is 1. The van der Waals surface area contributed by atoms with Crippen molar-refractivity contribution in [2.24, 2.45) is 0 Å². The lowest BCUT2D eigenvalue weighted by Crippen LogP contribution is -2.51. The van der Waals surface area contributed by atoms with E-state index in [4.69, 9.17) is 4.98 Å². The molecule has 136 valence electrons. The van der Waals surface area contributed by atoms with Gasteiger partial charge in [-0.15, -0.1) is 0 Å². The van der Waals surface area contributed by atoms with E-state index in [2.05, 4.69) is 15.2 Å². The Morgan fingerprint density at radius 1 is 1.27 bits per heavy atom. The Labute approximate surface area is 155 Å². The Morgan fingerprint density at radius 3 is 2.81 bits per heavy atom. The number of rotatable bonds is 2. The standard InChI is InChI=1S/C18H20FN5OS/c19-11-1-4-15(21-7-11)17(25)23-6-5-14-16(10-23)26-18(22-14)24-12-2-3-13(24)9-20-8-12/h1,4,7,12-13,20H,2-3,5-6,8-10H2. The molecule has 2 bridgehead atoms. The van der Waals surface area contributed by atoms with Gasteiger partial charge in [0.25, 0.3) is 5.91 Å². The molecule has 6 nitrogen and oxygen atoms in total. The molecule has 2 unspecified atom stereocenters. The zero-order chi connectivity index (χ0) is 17.7. The molecule has 1 amide bonds. The highest BCUT2D eigenvalue weighted by molar-refractivity contribution is 7.15. The summed E-state index contributed by atoms with van der Waals surface area (Å²) in [5.74, 6) is -0.576. The molecule has 1 N–H and O–H groups in total. The molecule has 2 fully saturated rings. The first kappa shape index (κ1) is 16.1. The molecule has 5 heterocycles. The van der Waals surface area contributed by atoms with E-state index >= 15 is 0 Å². The number of hydrogen-bond donors (Lipinski definition) is 1. The number of thiazole rings is 1. The number of amides is 1. The zero-order valence-electron chi connectivity index (χ0n) is 14.3. The van der Waals surface area contributed by atoms with Crippen LogP contribution < -0.4 is 10.2 Å². The molecule has 2 saturated heterocycles. The van der Waals surface area contributed by atoms with Gasteiger partial charge in [0.05, 0.1) is 18.4 Å². The molecular formula is C18H20FN5OS. The lowest BCUT2D eigenvalue weighted by atomic mass is 10.1. The molecule has 0 spiro atoms. The molecule has 0 saturated carbocycles. The van der Waals surface area contributed by atoms with Crippen LogP contribution in [0.5, 0.6) is 0 Å². The van der Waals surface area contributed by atoms with Gasteiger partial charge in [0.15, 0.2) is 5.13 Å². The highest BCUT2D eigenvalue weighted by Gasteiger charge is 2.39. The van der Waals surface area contributed by atoms with Crippen molar-refractivity contribution in [1.29, 1.82) is 0 Å². The van der Waals surface area contributed by atoms with E-state index in [9.17, 15) is 9.18 Å². The number of piperazine rings is 1. The first-order valence-corrected chi connectivity index (χ1v) is 9.89. The molecule has 8 heteroatoms. The van der Waals surface area contributed by atoms with Gasteiger partial charge in [-0.3, -0.25) is 4.79 Å². The predicted molar refractivity (Wildman–Crippen MR) is 96.9 cm³/mol. The fourth-order valence-corrected chi connectivity index (χ4v) is 5.49. The largest absolute Gasteiger partial charge is 0.340 e. The fraction of sp³-hybridized carbons (Fsp3) is 0.500. The van der Waals surface area contributed by atoms with Crippen molar-refractivity contribution >= 4 is 22.4 Å². The number of anilines is 1. The Hall–Kier alpha value is -2.06. The van der Waals surface area contributed by atoms with Crippen molar-refractivity contribution < 1.29 is 9.18 Å². The third-order valence-corrected chi connectivity index (χ3v) is 6.65. The van der Waals surface area contributed by atoms with Crippen LogP contribution in [0.3, 0.4) is 0 Å². The number of halogens is 1. The molecule has 0 radical (unpaired) electrons. The monoisotopic (exact) mass is 373 g/mol. The molecule has 0 aliphatic carbocycles. The minimum absolute atomic E-state index is 0.146. The number of pyridine rings is 1. The highest BCUT2D eigenvalue weighted by atomic mass is 32.1. The molecule has 2 atom stereocenters. The summed E-state index contributed by atoms with van der Waals surface area (Å²) in [6.45, 7) is 3.25. The maximum atomic E-state index is 13.0. The van der Waals surface area contributed by atoms with Crippen LogP contribution in [0.25, 0.3) is 0 Å². The first-order valence-electron chi connectivity index (χ1n) is 9.07. The van der Waals surface area contributed by atoms with Crippen LogP contribution in [0.1, 0.15) is 33.9 Å². The van der Waals surface area contributed by atoms with E-state index in [1.165, 1.54) is 29.9 Å².